The van der Waals surface area contributed by atoms with Crippen molar-refractivity contribution in [1.82, 2.24) is 9.38 Å². The summed E-state index contributed by atoms with van der Waals surface area (Å²) in [4.78, 5) is 17.7. The van der Waals surface area contributed by atoms with Crippen molar-refractivity contribution < 1.29 is 4.79 Å². The number of imidazole rings is 1. The van der Waals surface area contributed by atoms with Crippen LogP contribution in [0.5, 0.6) is 0 Å². The molecule has 3 heteroatoms. The maximum absolute atomic E-state index is 12.7. The highest BCUT2D eigenvalue weighted by molar-refractivity contribution is 5.87. The molecular weight excluding hydrogens is 344 g/mol. The lowest BCUT2D eigenvalue weighted by molar-refractivity contribution is -0.136. The molecule has 0 aliphatic heterocycles. The number of aromatic nitrogens is 2. The molecule has 3 saturated carbocycles. The molecule has 0 bridgehead atoms. The van der Waals surface area contributed by atoms with Crippen LogP contribution in [0.1, 0.15) is 69.3 Å². The SMILES string of the molecule is Cc1ccc2nc3c(n2c1)C[C@@]1(C)[C@@H](CC[C@@H]2[C@@H]1CC[C@]1(C)C(=O)CC[C@@H]21)C3. The van der Waals surface area contributed by atoms with Crippen molar-refractivity contribution in [3.8, 4) is 0 Å². The van der Waals surface area contributed by atoms with Crippen molar-refractivity contribution in [2.75, 3.05) is 0 Å². The normalized spacial score (nSPS) is 42.0. The first kappa shape index (κ1) is 17.2. The number of pyridine rings is 1. The van der Waals surface area contributed by atoms with Crippen LogP contribution in [-0.2, 0) is 17.6 Å². The molecule has 0 spiro atoms. The number of carbonyl (C=O) groups excluding carboxylic acids is 1. The van der Waals surface area contributed by atoms with E-state index in [0.29, 0.717) is 17.1 Å². The molecule has 2 heterocycles. The smallest absolute Gasteiger partial charge is 0.139 e. The topological polar surface area (TPSA) is 34.4 Å². The highest BCUT2D eigenvalue weighted by atomic mass is 16.1. The Labute approximate surface area is 167 Å². The number of nitrogens with zero attached hydrogens (tertiary/aromatic N) is 2. The van der Waals surface area contributed by atoms with E-state index < -0.39 is 0 Å². The molecule has 2 aromatic heterocycles. The van der Waals surface area contributed by atoms with Crippen LogP contribution in [-0.4, -0.2) is 15.2 Å². The van der Waals surface area contributed by atoms with E-state index in [4.69, 9.17) is 4.98 Å². The fourth-order valence-electron chi connectivity index (χ4n) is 8.11. The molecule has 28 heavy (non-hydrogen) atoms. The van der Waals surface area contributed by atoms with Crippen LogP contribution in [0.4, 0.5) is 0 Å². The summed E-state index contributed by atoms with van der Waals surface area (Å²) in [7, 11) is 0. The van der Waals surface area contributed by atoms with E-state index in [9.17, 15) is 4.79 Å². The number of aryl methyl sites for hydroxylation is 1. The Morgan fingerprint density at radius 2 is 1.96 bits per heavy atom. The highest BCUT2D eigenvalue weighted by Crippen LogP contribution is 2.64. The predicted octanol–water partition coefficient (Wildman–Crippen LogP) is 5.17. The molecule has 4 aliphatic carbocycles. The minimum Gasteiger partial charge on any atom is -0.304 e. The second-order valence-corrected chi connectivity index (χ2v) is 10.9. The van der Waals surface area contributed by atoms with Gasteiger partial charge in [-0.25, -0.2) is 4.98 Å². The molecule has 0 N–H and O–H groups in total. The van der Waals surface area contributed by atoms with Crippen molar-refractivity contribution in [3.05, 3.63) is 35.3 Å². The molecule has 6 atom stereocenters. The van der Waals surface area contributed by atoms with Gasteiger partial charge in [0.1, 0.15) is 11.4 Å². The molecule has 148 valence electrons. The monoisotopic (exact) mass is 376 g/mol. The van der Waals surface area contributed by atoms with Gasteiger partial charge in [0.05, 0.1) is 5.69 Å². The first-order valence-electron chi connectivity index (χ1n) is 11.4. The zero-order valence-electron chi connectivity index (χ0n) is 17.5. The summed E-state index contributed by atoms with van der Waals surface area (Å²) in [5.41, 5.74) is 5.59. The average molecular weight is 377 g/mol. The van der Waals surface area contributed by atoms with Gasteiger partial charge in [-0.05, 0) is 92.6 Å². The minimum absolute atomic E-state index is 0.00931. The van der Waals surface area contributed by atoms with Gasteiger partial charge in [0.25, 0.3) is 0 Å². The molecule has 0 aromatic carbocycles. The fourth-order valence-corrected chi connectivity index (χ4v) is 8.11. The summed E-state index contributed by atoms with van der Waals surface area (Å²) in [6, 6.07) is 4.36. The van der Waals surface area contributed by atoms with Gasteiger partial charge in [-0.1, -0.05) is 19.9 Å². The van der Waals surface area contributed by atoms with E-state index in [1.807, 2.05) is 0 Å². The van der Waals surface area contributed by atoms with Gasteiger partial charge >= 0.3 is 0 Å². The number of carbonyl (C=O) groups is 1. The van der Waals surface area contributed by atoms with Gasteiger partial charge in [0, 0.05) is 23.7 Å². The predicted molar refractivity (Wildman–Crippen MR) is 110 cm³/mol. The summed E-state index contributed by atoms with van der Waals surface area (Å²) in [6.45, 7) is 7.06. The quantitative estimate of drug-likeness (QED) is 0.636. The Morgan fingerprint density at radius 1 is 1.11 bits per heavy atom. The van der Waals surface area contributed by atoms with Crippen molar-refractivity contribution >= 4 is 11.4 Å². The van der Waals surface area contributed by atoms with Crippen LogP contribution >= 0.6 is 0 Å². The van der Waals surface area contributed by atoms with Crippen LogP contribution in [0.15, 0.2) is 18.3 Å². The van der Waals surface area contributed by atoms with Crippen LogP contribution in [0.3, 0.4) is 0 Å². The van der Waals surface area contributed by atoms with E-state index in [-0.39, 0.29) is 5.41 Å². The van der Waals surface area contributed by atoms with Gasteiger partial charge < -0.3 is 4.40 Å². The Bertz CT molecular complexity index is 990. The van der Waals surface area contributed by atoms with E-state index in [0.717, 1.165) is 55.5 Å². The summed E-state index contributed by atoms with van der Waals surface area (Å²) < 4.78 is 2.38. The third-order valence-corrected chi connectivity index (χ3v) is 9.71. The zero-order valence-corrected chi connectivity index (χ0v) is 17.5. The van der Waals surface area contributed by atoms with E-state index >= 15 is 0 Å². The molecule has 2 aromatic rings. The molecule has 0 saturated heterocycles. The van der Waals surface area contributed by atoms with Gasteiger partial charge in [0.2, 0.25) is 0 Å². The highest BCUT2D eigenvalue weighted by Gasteiger charge is 2.60. The number of rotatable bonds is 0. The summed E-state index contributed by atoms with van der Waals surface area (Å²) >= 11 is 0. The maximum atomic E-state index is 12.7. The number of hydrogen-bond acceptors (Lipinski definition) is 2. The molecule has 4 aliphatic rings. The third kappa shape index (κ3) is 2.06. The molecule has 3 fully saturated rings. The summed E-state index contributed by atoms with van der Waals surface area (Å²) in [5.74, 6) is 3.50. The minimum atomic E-state index is -0.00931. The zero-order chi connectivity index (χ0) is 19.3. The standard InChI is InChI=1S/C25H32N2O/c1-15-4-9-23-26-20-12-16-5-6-17-18-7-8-22(28)24(18,2)11-10-19(17)25(16,3)13-21(20)27(23)14-15/h4,9,14,16-19H,5-8,10-13H2,1-3H3/t16-,17-,18-,19-,24-,25-/m0/s1. The van der Waals surface area contributed by atoms with Gasteiger partial charge in [-0.15, -0.1) is 0 Å². The maximum Gasteiger partial charge on any atom is 0.139 e. The Balaban J connectivity index is 1.41. The number of fused-ring (bicyclic) bond motifs is 8. The average Bonchev–Trinajstić information content (AvgIpc) is 3.16. The molecule has 0 unspecified atom stereocenters. The lowest BCUT2D eigenvalue weighted by Gasteiger charge is -2.59. The number of hydrogen-bond donors (Lipinski definition) is 0. The van der Waals surface area contributed by atoms with Crippen LogP contribution in [0, 0.1) is 41.4 Å². The summed E-state index contributed by atoms with van der Waals surface area (Å²) in [6.07, 6.45) is 11.6. The van der Waals surface area contributed by atoms with Crippen molar-refractivity contribution in [2.24, 2.45) is 34.5 Å². The Morgan fingerprint density at radius 3 is 2.82 bits per heavy atom. The van der Waals surface area contributed by atoms with Gasteiger partial charge in [-0.2, -0.15) is 0 Å². The lowest BCUT2D eigenvalue weighted by Crippen LogP contribution is -2.54. The van der Waals surface area contributed by atoms with Crippen LogP contribution < -0.4 is 0 Å². The number of ketones is 1. The van der Waals surface area contributed by atoms with Crippen molar-refractivity contribution in [3.63, 3.8) is 0 Å². The van der Waals surface area contributed by atoms with E-state index in [2.05, 4.69) is 43.5 Å². The first-order chi connectivity index (χ1) is 13.4. The van der Waals surface area contributed by atoms with Gasteiger partial charge in [-0.3, -0.25) is 4.79 Å². The summed E-state index contributed by atoms with van der Waals surface area (Å²) in [5, 5.41) is 0. The van der Waals surface area contributed by atoms with Crippen LogP contribution in [0.2, 0.25) is 0 Å². The lowest BCUT2D eigenvalue weighted by atomic mass is 9.45. The molecular formula is C25H32N2O. The second kappa shape index (κ2) is 5.49. The second-order valence-electron chi connectivity index (χ2n) is 10.9. The number of Topliss-reactive ketones (excluding diaryl/α,β-unsaturated/α-hetero) is 1. The molecule has 6 rings (SSSR count). The molecule has 0 radical (unpaired) electrons. The largest absolute Gasteiger partial charge is 0.304 e. The Kier molecular flexibility index (Phi) is 3.38. The molecule has 0 amide bonds. The van der Waals surface area contributed by atoms with E-state index in [1.165, 1.54) is 36.2 Å². The van der Waals surface area contributed by atoms with Gasteiger partial charge in [0.15, 0.2) is 0 Å². The fraction of sp³-hybridized carbons (Fsp3) is 0.680. The van der Waals surface area contributed by atoms with Crippen molar-refractivity contribution in [1.29, 1.82) is 0 Å². The van der Waals surface area contributed by atoms with Crippen molar-refractivity contribution in [2.45, 2.75) is 72.1 Å². The Hall–Kier alpha value is -1.64. The van der Waals surface area contributed by atoms with E-state index in [1.54, 1.807) is 0 Å². The van der Waals surface area contributed by atoms with Crippen LogP contribution in [0.25, 0.3) is 5.65 Å². The third-order valence-electron chi connectivity index (χ3n) is 9.71. The first-order valence-corrected chi connectivity index (χ1v) is 11.4. The molecule has 3 nitrogen and oxygen atoms in total.